The maximum Gasteiger partial charge on any atom is 0.345 e. The smallest absolute Gasteiger partial charge is 0.345 e. The standard InChI is InChI=1S/C32H29N2O4/c1-20-15-24(31(35)37-19-22-9-5-4-6-10-22)16-21(2)30(20)38-32(36)29-25-11-7-8-12-27(25)34(3)28-14-13-23(18-33)17-26(28)29/h4-17H,18-19,33H2,1-3H3/q+1. The van der Waals surface area contributed by atoms with E-state index in [-0.39, 0.29) is 6.61 Å². The van der Waals surface area contributed by atoms with E-state index in [0.29, 0.717) is 34.5 Å². The molecule has 0 unspecified atom stereocenters. The lowest BCUT2D eigenvalue weighted by Crippen LogP contribution is -2.31. The number of ether oxygens (including phenoxy) is 2. The molecule has 0 spiro atoms. The van der Waals surface area contributed by atoms with E-state index in [1.165, 1.54) is 0 Å². The first-order valence-electron chi connectivity index (χ1n) is 12.4. The van der Waals surface area contributed by atoms with E-state index in [4.69, 9.17) is 15.2 Å². The van der Waals surface area contributed by atoms with Crippen molar-refractivity contribution in [3.8, 4) is 5.75 Å². The molecule has 2 N–H and O–H groups in total. The number of carbonyl (C=O) groups is 2. The maximum atomic E-state index is 13.8. The zero-order valence-corrected chi connectivity index (χ0v) is 21.7. The van der Waals surface area contributed by atoms with Gasteiger partial charge in [-0.15, -0.1) is 0 Å². The van der Waals surface area contributed by atoms with E-state index in [9.17, 15) is 9.59 Å². The van der Waals surface area contributed by atoms with Gasteiger partial charge in [-0.05, 0) is 60.4 Å². The summed E-state index contributed by atoms with van der Waals surface area (Å²) in [5, 5.41) is 1.56. The summed E-state index contributed by atoms with van der Waals surface area (Å²) >= 11 is 0. The topological polar surface area (TPSA) is 82.5 Å². The van der Waals surface area contributed by atoms with Gasteiger partial charge in [0.2, 0.25) is 11.0 Å². The second-order valence-electron chi connectivity index (χ2n) is 9.40. The Morgan fingerprint density at radius 2 is 1.42 bits per heavy atom. The Morgan fingerprint density at radius 3 is 2.13 bits per heavy atom. The fourth-order valence-corrected chi connectivity index (χ4v) is 4.85. The van der Waals surface area contributed by atoms with E-state index < -0.39 is 11.9 Å². The third-order valence-electron chi connectivity index (χ3n) is 6.77. The Labute approximate surface area is 221 Å². The monoisotopic (exact) mass is 505 g/mol. The lowest BCUT2D eigenvalue weighted by atomic mass is 10.00. The molecule has 38 heavy (non-hydrogen) atoms. The Kier molecular flexibility index (Phi) is 6.90. The number of hydrogen-bond donors (Lipinski definition) is 1. The molecule has 5 aromatic rings. The predicted octanol–water partition coefficient (Wildman–Crippen LogP) is 5.47. The van der Waals surface area contributed by atoms with Crippen LogP contribution in [0.3, 0.4) is 0 Å². The molecule has 1 heterocycles. The van der Waals surface area contributed by atoms with Crippen LogP contribution in [0.1, 0.15) is 43.0 Å². The summed E-state index contributed by atoms with van der Waals surface area (Å²) in [5.74, 6) is -0.471. The van der Waals surface area contributed by atoms with Crippen LogP contribution in [-0.2, 0) is 24.9 Å². The van der Waals surface area contributed by atoms with Gasteiger partial charge >= 0.3 is 11.9 Å². The van der Waals surface area contributed by atoms with E-state index in [0.717, 1.165) is 32.9 Å². The summed E-state index contributed by atoms with van der Waals surface area (Å²) in [6, 6.07) is 26.6. The zero-order valence-electron chi connectivity index (χ0n) is 21.7. The molecule has 0 bridgehead atoms. The number of nitrogens with zero attached hydrogens (tertiary/aromatic N) is 1. The molecule has 0 aliphatic heterocycles. The number of carbonyl (C=O) groups excluding carboxylic acids is 2. The quantitative estimate of drug-likeness (QED) is 0.143. The first kappa shape index (κ1) is 25.1. The summed E-state index contributed by atoms with van der Waals surface area (Å²) in [4.78, 5) is 26.5. The highest BCUT2D eigenvalue weighted by molar-refractivity contribution is 6.13. The van der Waals surface area contributed by atoms with Crippen molar-refractivity contribution in [2.45, 2.75) is 27.0 Å². The largest absolute Gasteiger partial charge is 0.457 e. The number of fused-ring (bicyclic) bond motifs is 2. The van der Waals surface area contributed by atoms with Crippen molar-refractivity contribution in [3.63, 3.8) is 0 Å². The summed E-state index contributed by atoms with van der Waals surface area (Å²) in [6.45, 7) is 4.18. The normalized spacial score (nSPS) is 11.1. The average Bonchev–Trinajstić information content (AvgIpc) is 2.94. The lowest BCUT2D eigenvalue weighted by Gasteiger charge is -2.15. The predicted molar refractivity (Wildman–Crippen MR) is 147 cm³/mol. The molecule has 0 radical (unpaired) electrons. The number of pyridine rings is 1. The molecule has 0 aliphatic rings. The number of rotatable bonds is 6. The van der Waals surface area contributed by atoms with Gasteiger partial charge in [-0.1, -0.05) is 48.5 Å². The number of para-hydroxylation sites is 1. The van der Waals surface area contributed by atoms with Gasteiger partial charge in [-0.2, -0.15) is 4.57 Å². The molecule has 0 atom stereocenters. The number of esters is 2. The average molecular weight is 506 g/mol. The fourth-order valence-electron chi connectivity index (χ4n) is 4.85. The van der Waals surface area contributed by atoms with Gasteiger partial charge in [0.05, 0.1) is 21.9 Å². The van der Waals surface area contributed by atoms with Crippen LogP contribution in [0.25, 0.3) is 21.8 Å². The Balaban J connectivity index is 1.49. The van der Waals surface area contributed by atoms with Crippen molar-refractivity contribution in [1.29, 1.82) is 0 Å². The van der Waals surface area contributed by atoms with Gasteiger partial charge in [0.25, 0.3) is 0 Å². The van der Waals surface area contributed by atoms with Crippen molar-refractivity contribution in [3.05, 3.63) is 118 Å². The number of aromatic nitrogens is 1. The van der Waals surface area contributed by atoms with Gasteiger partial charge in [0, 0.05) is 18.7 Å². The highest BCUT2D eigenvalue weighted by atomic mass is 16.5. The molecule has 0 saturated carbocycles. The van der Waals surface area contributed by atoms with Crippen molar-refractivity contribution < 1.29 is 23.6 Å². The third kappa shape index (κ3) is 4.74. The molecule has 4 aromatic carbocycles. The molecule has 1 aromatic heterocycles. The van der Waals surface area contributed by atoms with Crippen molar-refractivity contribution in [2.24, 2.45) is 12.8 Å². The van der Waals surface area contributed by atoms with Gasteiger partial charge in [-0.25, -0.2) is 9.59 Å². The van der Waals surface area contributed by atoms with Crippen molar-refractivity contribution >= 4 is 33.7 Å². The summed E-state index contributed by atoms with van der Waals surface area (Å²) in [7, 11) is 1.98. The molecule has 5 rings (SSSR count). The van der Waals surface area contributed by atoms with Crippen LogP contribution in [0.5, 0.6) is 5.75 Å². The van der Waals surface area contributed by atoms with E-state index in [1.54, 1.807) is 12.1 Å². The first-order chi connectivity index (χ1) is 18.4. The molecule has 0 aliphatic carbocycles. The van der Waals surface area contributed by atoms with Gasteiger partial charge in [0.15, 0.2) is 0 Å². The van der Waals surface area contributed by atoms with E-state index in [2.05, 4.69) is 4.57 Å². The number of benzene rings is 4. The summed E-state index contributed by atoms with van der Waals surface area (Å²) < 4.78 is 13.6. The van der Waals surface area contributed by atoms with E-state index >= 15 is 0 Å². The first-order valence-corrected chi connectivity index (χ1v) is 12.4. The highest BCUT2D eigenvalue weighted by Crippen LogP contribution is 2.30. The highest BCUT2D eigenvalue weighted by Gasteiger charge is 2.25. The molecule has 6 heteroatoms. The lowest BCUT2D eigenvalue weighted by molar-refractivity contribution is -0.617. The van der Waals surface area contributed by atoms with Crippen molar-refractivity contribution in [1.82, 2.24) is 0 Å². The van der Waals surface area contributed by atoms with Crippen LogP contribution in [-0.4, -0.2) is 11.9 Å². The van der Waals surface area contributed by atoms with Crippen LogP contribution in [0, 0.1) is 13.8 Å². The Hall–Kier alpha value is -4.55. The Morgan fingerprint density at radius 1 is 0.763 bits per heavy atom. The molecule has 0 saturated heterocycles. The SMILES string of the molecule is Cc1cc(C(=O)OCc2ccccc2)cc(C)c1OC(=O)c1c2ccccc2[n+](C)c2ccc(CN)cc12. The molecule has 190 valence electrons. The number of hydrogen-bond acceptors (Lipinski definition) is 5. The van der Waals surface area contributed by atoms with Crippen molar-refractivity contribution in [2.75, 3.05) is 0 Å². The second-order valence-corrected chi connectivity index (χ2v) is 9.40. The fraction of sp³-hybridized carbons (Fsp3) is 0.156. The summed E-state index contributed by atoms with van der Waals surface area (Å²) in [5.41, 5.74) is 11.8. The van der Waals surface area contributed by atoms with Crippen LogP contribution in [0.15, 0.2) is 84.9 Å². The third-order valence-corrected chi connectivity index (χ3v) is 6.77. The zero-order chi connectivity index (χ0) is 26.8. The minimum absolute atomic E-state index is 0.185. The molecular formula is C32H29N2O4+. The number of aryl methyl sites for hydroxylation is 3. The maximum absolute atomic E-state index is 13.8. The summed E-state index contributed by atoms with van der Waals surface area (Å²) in [6.07, 6.45) is 0. The van der Waals surface area contributed by atoms with Gasteiger partial charge in [0.1, 0.15) is 19.4 Å². The minimum atomic E-state index is -0.466. The van der Waals surface area contributed by atoms with E-state index in [1.807, 2.05) is 93.7 Å². The minimum Gasteiger partial charge on any atom is -0.457 e. The van der Waals surface area contributed by atoms with Crippen LogP contribution in [0.4, 0.5) is 0 Å². The molecular weight excluding hydrogens is 476 g/mol. The van der Waals surface area contributed by atoms with Gasteiger partial charge < -0.3 is 15.2 Å². The number of nitrogens with two attached hydrogens (primary N) is 1. The molecule has 6 nitrogen and oxygen atoms in total. The van der Waals surface area contributed by atoms with Crippen LogP contribution in [0.2, 0.25) is 0 Å². The molecule has 0 amide bonds. The second kappa shape index (κ2) is 10.4. The van der Waals surface area contributed by atoms with Crippen LogP contribution >= 0.6 is 0 Å². The van der Waals surface area contributed by atoms with Gasteiger partial charge in [-0.3, -0.25) is 0 Å². The Bertz CT molecular complexity index is 1670. The molecule has 0 fully saturated rings. The van der Waals surface area contributed by atoms with Crippen LogP contribution < -0.4 is 15.0 Å².